The minimum absolute atomic E-state index is 0.208. The summed E-state index contributed by atoms with van der Waals surface area (Å²) in [5.74, 6) is -1.34. The Bertz CT molecular complexity index is 719. The van der Waals surface area contributed by atoms with Crippen LogP contribution in [0.4, 0.5) is 17.6 Å². The number of alkyl halides is 3. The van der Waals surface area contributed by atoms with Crippen LogP contribution in [0.15, 0.2) is 18.2 Å². The SMILES string of the molecule is Cc1nc(-c2ccc(C(F)(F)F)c(F)c2)c(=S)[nH]c1C. The van der Waals surface area contributed by atoms with Crippen molar-refractivity contribution in [2.45, 2.75) is 20.0 Å². The zero-order valence-electron chi connectivity index (χ0n) is 10.6. The number of benzene rings is 1. The van der Waals surface area contributed by atoms with Crippen molar-refractivity contribution < 1.29 is 17.6 Å². The Morgan fingerprint density at radius 2 is 1.85 bits per heavy atom. The second-order valence-electron chi connectivity index (χ2n) is 4.32. The van der Waals surface area contributed by atoms with Gasteiger partial charge in [0, 0.05) is 11.3 Å². The topological polar surface area (TPSA) is 28.7 Å². The highest BCUT2D eigenvalue weighted by atomic mass is 32.1. The third-order valence-electron chi connectivity index (χ3n) is 2.89. The molecule has 0 amide bonds. The monoisotopic (exact) mass is 302 g/mol. The molecule has 106 valence electrons. The third-order valence-corrected chi connectivity index (χ3v) is 3.18. The van der Waals surface area contributed by atoms with Gasteiger partial charge in [-0.15, -0.1) is 0 Å². The van der Waals surface area contributed by atoms with Gasteiger partial charge in [-0.25, -0.2) is 9.37 Å². The van der Waals surface area contributed by atoms with Crippen LogP contribution in [0.2, 0.25) is 0 Å². The van der Waals surface area contributed by atoms with E-state index in [0.717, 1.165) is 17.8 Å². The average Bonchev–Trinajstić information content (AvgIpc) is 2.32. The minimum Gasteiger partial charge on any atom is -0.347 e. The smallest absolute Gasteiger partial charge is 0.347 e. The van der Waals surface area contributed by atoms with Gasteiger partial charge in [0.25, 0.3) is 0 Å². The summed E-state index contributed by atoms with van der Waals surface area (Å²) in [6.45, 7) is 3.50. The van der Waals surface area contributed by atoms with Crippen molar-refractivity contribution in [3.63, 3.8) is 0 Å². The molecule has 1 N–H and O–H groups in total. The summed E-state index contributed by atoms with van der Waals surface area (Å²) in [5.41, 5.74) is 0.565. The predicted octanol–water partition coefficient (Wildman–Crippen LogP) is 4.58. The van der Waals surface area contributed by atoms with Gasteiger partial charge >= 0.3 is 6.18 Å². The number of halogens is 4. The first-order valence-corrected chi connectivity index (χ1v) is 6.05. The van der Waals surface area contributed by atoms with E-state index in [4.69, 9.17) is 12.2 Å². The van der Waals surface area contributed by atoms with Gasteiger partial charge in [0.15, 0.2) is 0 Å². The lowest BCUT2D eigenvalue weighted by molar-refractivity contribution is -0.139. The van der Waals surface area contributed by atoms with E-state index in [-0.39, 0.29) is 15.9 Å². The van der Waals surface area contributed by atoms with Crippen molar-refractivity contribution in [3.05, 3.63) is 45.6 Å². The standard InChI is InChI=1S/C13H10F4N2S/c1-6-7(2)19-12(20)11(18-6)8-3-4-9(10(14)5-8)13(15,16)17/h3-5H,1-2H3,(H,19,20). The van der Waals surface area contributed by atoms with Gasteiger partial charge in [-0.1, -0.05) is 18.3 Å². The maximum atomic E-state index is 13.6. The van der Waals surface area contributed by atoms with Gasteiger partial charge < -0.3 is 4.98 Å². The number of hydrogen-bond acceptors (Lipinski definition) is 2. The lowest BCUT2D eigenvalue weighted by atomic mass is 10.1. The van der Waals surface area contributed by atoms with Gasteiger partial charge in [-0.3, -0.25) is 0 Å². The summed E-state index contributed by atoms with van der Waals surface area (Å²) >= 11 is 5.07. The number of H-pyrrole nitrogens is 1. The van der Waals surface area contributed by atoms with Gasteiger partial charge in [0.1, 0.15) is 16.2 Å². The number of aromatic amines is 1. The number of hydrogen-bond donors (Lipinski definition) is 1. The summed E-state index contributed by atoms with van der Waals surface area (Å²) in [4.78, 5) is 7.07. The molecule has 0 aliphatic carbocycles. The van der Waals surface area contributed by atoms with Crippen molar-refractivity contribution in [3.8, 4) is 11.3 Å². The first-order valence-electron chi connectivity index (χ1n) is 5.65. The second kappa shape index (κ2) is 4.97. The molecule has 0 aliphatic rings. The van der Waals surface area contributed by atoms with E-state index < -0.39 is 17.6 Å². The molecule has 0 aliphatic heterocycles. The first kappa shape index (κ1) is 14.6. The lowest BCUT2D eigenvalue weighted by Gasteiger charge is -2.10. The Morgan fingerprint density at radius 3 is 2.40 bits per heavy atom. The van der Waals surface area contributed by atoms with Crippen LogP contribution in [0.25, 0.3) is 11.3 Å². The molecule has 0 saturated carbocycles. The van der Waals surface area contributed by atoms with E-state index in [1.54, 1.807) is 13.8 Å². The fourth-order valence-electron chi connectivity index (χ4n) is 1.71. The summed E-state index contributed by atoms with van der Waals surface area (Å²) in [6.07, 6.45) is -4.72. The normalized spacial score (nSPS) is 11.7. The van der Waals surface area contributed by atoms with Crippen LogP contribution in [0, 0.1) is 24.3 Å². The van der Waals surface area contributed by atoms with Crippen LogP contribution in [0.3, 0.4) is 0 Å². The number of aromatic nitrogens is 2. The average molecular weight is 302 g/mol. The molecule has 1 aromatic heterocycles. The van der Waals surface area contributed by atoms with Crippen molar-refractivity contribution in [2.24, 2.45) is 0 Å². The molecule has 0 saturated heterocycles. The Hall–Kier alpha value is -1.76. The van der Waals surface area contributed by atoms with Crippen molar-refractivity contribution in [2.75, 3.05) is 0 Å². The number of nitrogens with zero attached hydrogens (tertiary/aromatic N) is 1. The van der Waals surface area contributed by atoms with Crippen LogP contribution in [0.1, 0.15) is 17.0 Å². The fourth-order valence-corrected chi connectivity index (χ4v) is 2.03. The second-order valence-corrected chi connectivity index (χ2v) is 4.73. The number of nitrogens with one attached hydrogen (secondary N) is 1. The van der Waals surface area contributed by atoms with Crippen molar-refractivity contribution >= 4 is 12.2 Å². The van der Waals surface area contributed by atoms with E-state index in [9.17, 15) is 17.6 Å². The zero-order valence-corrected chi connectivity index (χ0v) is 11.4. The van der Waals surface area contributed by atoms with Crippen LogP contribution < -0.4 is 0 Å². The molecule has 1 heterocycles. The molecule has 0 spiro atoms. The third kappa shape index (κ3) is 2.72. The molecular formula is C13H10F4N2S. The summed E-state index contributed by atoms with van der Waals surface area (Å²) in [7, 11) is 0. The molecule has 0 radical (unpaired) electrons. The van der Waals surface area contributed by atoms with Gasteiger partial charge in [0.2, 0.25) is 0 Å². The molecule has 2 nitrogen and oxygen atoms in total. The molecular weight excluding hydrogens is 292 g/mol. The summed E-state index contributed by atoms with van der Waals surface area (Å²) < 4.78 is 51.3. The lowest BCUT2D eigenvalue weighted by Crippen LogP contribution is -2.08. The molecule has 2 rings (SSSR count). The molecule has 0 bridgehead atoms. The Kier molecular flexibility index (Phi) is 3.64. The van der Waals surface area contributed by atoms with Crippen LogP contribution in [0.5, 0.6) is 0 Å². The molecule has 7 heteroatoms. The van der Waals surface area contributed by atoms with E-state index in [1.165, 1.54) is 0 Å². The zero-order chi connectivity index (χ0) is 15.1. The quantitative estimate of drug-likeness (QED) is 0.617. The van der Waals surface area contributed by atoms with E-state index >= 15 is 0 Å². The van der Waals surface area contributed by atoms with Gasteiger partial charge in [-0.2, -0.15) is 13.2 Å². The Balaban J connectivity index is 2.59. The summed E-state index contributed by atoms with van der Waals surface area (Å²) in [5, 5.41) is 0. The molecule has 2 aromatic rings. The summed E-state index contributed by atoms with van der Waals surface area (Å²) in [6, 6.07) is 2.65. The highest BCUT2D eigenvalue weighted by Gasteiger charge is 2.34. The van der Waals surface area contributed by atoms with Crippen LogP contribution in [-0.2, 0) is 6.18 Å². The Labute approximate surface area is 117 Å². The number of rotatable bonds is 1. The van der Waals surface area contributed by atoms with Crippen LogP contribution in [-0.4, -0.2) is 9.97 Å². The molecule has 0 atom stereocenters. The van der Waals surface area contributed by atoms with E-state index in [2.05, 4.69) is 9.97 Å². The first-order chi connectivity index (χ1) is 9.20. The maximum absolute atomic E-state index is 13.6. The van der Waals surface area contributed by atoms with Crippen LogP contribution >= 0.6 is 12.2 Å². The number of aryl methyl sites for hydroxylation is 2. The predicted molar refractivity (Wildman–Crippen MR) is 69.3 cm³/mol. The highest BCUT2D eigenvalue weighted by molar-refractivity contribution is 7.71. The van der Waals surface area contributed by atoms with E-state index in [0.29, 0.717) is 11.8 Å². The van der Waals surface area contributed by atoms with Gasteiger partial charge in [0.05, 0.1) is 11.3 Å². The Morgan fingerprint density at radius 1 is 1.20 bits per heavy atom. The highest BCUT2D eigenvalue weighted by Crippen LogP contribution is 2.33. The molecule has 1 aromatic carbocycles. The minimum atomic E-state index is -4.72. The molecule has 0 fully saturated rings. The largest absolute Gasteiger partial charge is 0.419 e. The van der Waals surface area contributed by atoms with Crippen molar-refractivity contribution in [1.82, 2.24) is 9.97 Å². The van der Waals surface area contributed by atoms with Crippen molar-refractivity contribution in [1.29, 1.82) is 0 Å². The molecule has 0 unspecified atom stereocenters. The maximum Gasteiger partial charge on any atom is 0.419 e. The molecule has 20 heavy (non-hydrogen) atoms. The van der Waals surface area contributed by atoms with Gasteiger partial charge in [-0.05, 0) is 26.0 Å². The van der Waals surface area contributed by atoms with E-state index in [1.807, 2.05) is 0 Å². The fraction of sp³-hybridized carbons (Fsp3) is 0.231.